The lowest BCUT2D eigenvalue weighted by Crippen LogP contribution is -2.43. The predicted octanol–water partition coefficient (Wildman–Crippen LogP) is 0.938. The van der Waals surface area contributed by atoms with E-state index >= 15 is 0 Å². The highest BCUT2D eigenvalue weighted by molar-refractivity contribution is 5.76. The summed E-state index contributed by atoms with van der Waals surface area (Å²) < 4.78 is 1.95. The fourth-order valence-electron chi connectivity index (χ4n) is 4.44. The third-order valence-corrected chi connectivity index (χ3v) is 5.37. The molecule has 22 heavy (non-hydrogen) atoms. The summed E-state index contributed by atoms with van der Waals surface area (Å²) in [6, 6.07) is 1.53. The number of nitrogens with one attached hydrogen (secondary N) is 2. The first kappa shape index (κ1) is 14.2. The molecule has 0 saturated carbocycles. The largest absolute Gasteiger partial charge is 0.351 e. The third kappa shape index (κ3) is 2.89. The summed E-state index contributed by atoms with van der Waals surface area (Å²) in [6.07, 6.45) is 7.49. The Morgan fingerprint density at radius 2 is 2.09 bits per heavy atom. The lowest BCUT2D eigenvalue weighted by Gasteiger charge is -2.29. The molecular formula is C16H25N5O. The second-order valence-corrected chi connectivity index (χ2v) is 7.24. The van der Waals surface area contributed by atoms with Gasteiger partial charge in [-0.15, -0.1) is 0 Å². The summed E-state index contributed by atoms with van der Waals surface area (Å²) >= 11 is 0. The van der Waals surface area contributed by atoms with Gasteiger partial charge >= 0.3 is 0 Å². The smallest absolute Gasteiger partial charge is 0.220 e. The molecule has 4 heterocycles. The minimum Gasteiger partial charge on any atom is -0.351 e. The summed E-state index contributed by atoms with van der Waals surface area (Å²) in [5, 5.41) is 11.3. The van der Waals surface area contributed by atoms with E-state index in [1.807, 2.05) is 11.6 Å². The number of amides is 1. The summed E-state index contributed by atoms with van der Waals surface area (Å²) in [4.78, 5) is 16.8. The van der Waals surface area contributed by atoms with E-state index in [4.69, 9.17) is 0 Å². The van der Waals surface area contributed by atoms with Gasteiger partial charge in [0.15, 0.2) is 0 Å². The van der Waals surface area contributed by atoms with Gasteiger partial charge in [0.25, 0.3) is 0 Å². The summed E-state index contributed by atoms with van der Waals surface area (Å²) in [5.41, 5.74) is 0. The van der Waals surface area contributed by atoms with Crippen LogP contribution in [0.15, 0.2) is 0 Å². The van der Waals surface area contributed by atoms with Crippen molar-refractivity contribution in [3.8, 4) is 0 Å². The SMILES string of the molecule is Cc1nc2n(n1)CC(NC(=O)CC1CC3CCC(C1)N3)CC2. The topological polar surface area (TPSA) is 71.8 Å². The highest BCUT2D eigenvalue weighted by atomic mass is 16.1. The quantitative estimate of drug-likeness (QED) is 0.872. The zero-order valence-electron chi connectivity index (χ0n) is 13.2. The van der Waals surface area contributed by atoms with Crippen molar-refractivity contribution >= 4 is 5.91 Å². The van der Waals surface area contributed by atoms with Crippen LogP contribution in [0.2, 0.25) is 0 Å². The Hall–Kier alpha value is -1.43. The van der Waals surface area contributed by atoms with Gasteiger partial charge < -0.3 is 10.6 Å². The molecule has 0 aliphatic carbocycles. The van der Waals surface area contributed by atoms with E-state index in [0.29, 0.717) is 24.4 Å². The fourth-order valence-corrected chi connectivity index (χ4v) is 4.44. The van der Waals surface area contributed by atoms with Crippen molar-refractivity contribution in [3.63, 3.8) is 0 Å². The van der Waals surface area contributed by atoms with Gasteiger partial charge in [-0.1, -0.05) is 0 Å². The number of aryl methyl sites for hydroxylation is 2. The van der Waals surface area contributed by atoms with Crippen molar-refractivity contribution in [2.45, 2.75) is 76.5 Å². The van der Waals surface area contributed by atoms with Crippen molar-refractivity contribution in [2.75, 3.05) is 0 Å². The van der Waals surface area contributed by atoms with E-state index in [1.54, 1.807) is 0 Å². The molecule has 6 nitrogen and oxygen atoms in total. The van der Waals surface area contributed by atoms with Gasteiger partial charge in [0.1, 0.15) is 11.6 Å². The first-order chi connectivity index (χ1) is 10.7. The van der Waals surface area contributed by atoms with E-state index < -0.39 is 0 Å². The van der Waals surface area contributed by atoms with Crippen LogP contribution in [0.4, 0.5) is 0 Å². The fraction of sp³-hybridized carbons (Fsp3) is 0.812. The number of aromatic nitrogens is 3. The molecule has 3 aliphatic rings. The number of carbonyl (C=O) groups is 1. The Balaban J connectivity index is 1.29. The summed E-state index contributed by atoms with van der Waals surface area (Å²) in [6.45, 7) is 2.68. The molecule has 3 unspecified atom stereocenters. The molecule has 120 valence electrons. The van der Waals surface area contributed by atoms with Gasteiger partial charge in [-0.05, 0) is 44.9 Å². The van der Waals surface area contributed by atoms with Gasteiger partial charge in [-0.25, -0.2) is 9.67 Å². The second-order valence-electron chi connectivity index (χ2n) is 7.24. The van der Waals surface area contributed by atoms with Gasteiger partial charge in [0, 0.05) is 31.0 Å². The Bertz CT molecular complexity index is 557. The van der Waals surface area contributed by atoms with Crippen LogP contribution in [0.25, 0.3) is 0 Å². The van der Waals surface area contributed by atoms with E-state index in [0.717, 1.165) is 31.0 Å². The van der Waals surface area contributed by atoms with E-state index in [2.05, 4.69) is 20.7 Å². The van der Waals surface area contributed by atoms with Crippen molar-refractivity contribution in [1.29, 1.82) is 0 Å². The van der Waals surface area contributed by atoms with Gasteiger partial charge in [-0.3, -0.25) is 4.79 Å². The molecule has 4 rings (SSSR count). The number of rotatable bonds is 3. The maximum Gasteiger partial charge on any atom is 0.220 e. The average molecular weight is 303 g/mol. The average Bonchev–Trinajstić information content (AvgIpc) is 2.99. The van der Waals surface area contributed by atoms with E-state index in [1.165, 1.54) is 25.7 Å². The number of hydrogen-bond donors (Lipinski definition) is 2. The van der Waals surface area contributed by atoms with E-state index in [9.17, 15) is 4.79 Å². The van der Waals surface area contributed by atoms with Crippen molar-refractivity contribution in [1.82, 2.24) is 25.4 Å². The van der Waals surface area contributed by atoms with Crippen LogP contribution >= 0.6 is 0 Å². The second kappa shape index (κ2) is 5.65. The van der Waals surface area contributed by atoms with E-state index in [-0.39, 0.29) is 11.9 Å². The molecule has 1 aromatic heterocycles. The molecule has 1 aromatic rings. The number of fused-ring (bicyclic) bond motifs is 3. The zero-order valence-corrected chi connectivity index (χ0v) is 13.2. The molecule has 2 bridgehead atoms. The molecule has 1 amide bonds. The number of piperidine rings is 1. The van der Waals surface area contributed by atoms with Crippen LogP contribution in [0.1, 0.15) is 50.2 Å². The monoisotopic (exact) mass is 303 g/mol. The molecule has 0 radical (unpaired) electrons. The van der Waals surface area contributed by atoms with Crippen LogP contribution in [0, 0.1) is 12.8 Å². The highest BCUT2D eigenvalue weighted by Crippen LogP contribution is 2.32. The Morgan fingerprint density at radius 1 is 1.32 bits per heavy atom. The van der Waals surface area contributed by atoms with Crippen LogP contribution in [0.3, 0.4) is 0 Å². The first-order valence-corrected chi connectivity index (χ1v) is 8.61. The molecule has 3 aliphatic heterocycles. The Kier molecular flexibility index (Phi) is 3.64. The normalized spacial score (nSPS) is 33.5. The maximum absolute atomic E-state index is 12.4. The number of hydrogen-bond acceptors (Lipinski definition) is 4. The third-order valence-electron chi connectivity index (χ3n) is 5.37. The van der Waals surface area contributed by atoms with Gasteiger partial charge in [-0.2, -0.15) is 5.10 Å². The van der Waals surface area contributed by atoms with Crippen LogP contribution in [-0.4, -0.2) is 38.8 Å². The summed E-state index contributed by atoms with van der Waals surface area (Å²) in [7, 11) is 0. The van der Waals surface area contributed by atoms with Gasteiger partial charge in [0.05, 0.1) is 6.54 Å². The minimum atomic E-state index is 0.208. The summed E-state index contributed by atoms with van der Waals surface area (Å²) in [5.74, 6) is 2.66. The van der Waals surface area contributed by atoms with Crippen molar-refractivity contribution < 1.29 is 4.79 Å². The Morgan fingerprint density at radius 3 is 2.86 bits per heavy atom. The standard InChI is InChI=1S/C16H25N5O/c1-10-17-15-5-4-14(9-21(15)20-10)19-16(22)8-11-6-12-2-3-13(7-11)18-12/h11-14,18H,2-9H2,1H3,(H,19,22). The van der Waals surface area contributed by atoms with Crippen molar-refractivity contribution in [3.05, 3.63) is 11.6 Å². The molecule has 2 saturated heterocycles. The predicted molar refractivity (Wildman–Crippen MR) is 82.3 cm³/mol. The molecule has 0 aromatic carbocycles. The molecule has 2 fully saturated rings. The Labute approximate surface area is 131 Å². The van der Waals surface area contributed by atoms with Crippen molar-refractivity contribution in [2.24, 2.45) is 5.92 Å². The molecule has 0 spiro atoms. The van der Waals surface area contributed by atoms with Gasteiger partial charge in [0.2, 0.25) is 5.91 Å². The van der Waals surface area contributed by atoms with Crippen LogP contribution in [0.5, 0.6) is 0 Å². The molecule has 3 atom stereocenters. The first-order valence-electron chi connectivity index (χ1n) is 8.61. The minimum absolute atomic E-state index is 0.208. The maximum atomic E-state index is 12.4. The molecular weight excluding hydrogens is 278 g/mol. The molecule has 6 heteroatoms. The number of carbonyl (C=O) groups excluding carboxylic acids is 1. The lowest BCUT2D eigenvalue weighted by molar-refractivity contribution is -0.123. The molecule has 2 N–H and O–H groups in total. The zero-order chi connectivity index (χ0) is 15.1. The van der Waals surface area contributed by atoms with Crippen LogP contribution in [-0.2, 0) is 17.8 Å². The lowest BCUT2D eigenvalue weighted by atomic mass is 9.89. The highest BCUT2D eigenvalue weighted by Gasteiger charge is 2.34. The number of nitrogens with zero attached hydrogens (tertiary/aromatic N) is 3. The van der Waals surface area contributed by atoms with Crippen LogP contribution < -0.4 is 10.6 Å².